The Bertz CT molecular complexity index is 1280. The van der Waals surface area contributed by atoms with Crippen LogP contribution in [0.4, 0.5) is 10.5 Å². The molecule has 0 spiro atoms. The summed E-state index contributed by atoms with van der Waals surface area (Å²) in [5.74, 6) is 0. The van der Waals surface area contributed by atoms with Crippen LogP contribution in [0.25, 0.3) is 33.1 Å². The lowest BCUT2D eigenvalue weighted by molar-refractivity contribution is 0.0547. The molecule has 0 aliphatic carbocycles. The molecule has 0 unspecified atom stereocenters. The van der Waals surface area contributed by atoms with Gasteiger partial charge in [0.25, 0.3) is 5.56 Å². The summed E-state index contributed by atoms with van der Waals surface area (Å²) in [7, 11) is 0. The molecule has 4 rings (SSSR count). The zero-order valence-corrected chi connectivity index (χ0v) is 15.9. The number of fused-ring (bicyclic) bond motifs is 2. The minimum atomic E-state index is -0.672. The van der Waals surface area contributed by atoms with E-state index in [9.17, 15) is 9.59 Å². The zero-order chi connectivity index (χ0) is 20.1. The number of carbonyl (C=O) groups excluding carboxylic acids is 1. The molecule has 2 heterocycles. The first kappa shape index (κ1) is 17.9. The molecular weight excluding hydrogens is 354 g/mol. The van der Waals surface area contributed by atoms with Gasteiger partial charge in [0, 0.05) is 16.6 Å². The van der Waals surface area contributed by atoms with E-state index in [-0.39, 0.29) is 5.56 Å². The molecular formula is C22H21N3O3. The van der Waals surface area contributed by atoms with E-state index in [4.69, 9.17) is 10.5 Å². The van der Waals surface area contributed by atoms with E-state index < -0.39 is 11.7 Å². The van der Waals surface area contributed by atoms with Crippen molar-refractivity contribution in [3.63, 3.8) is 0 Å². The molecule has 0 aliphatic heterocycles. The largest absolute Gasteiger partial charge is 0.443 e. The maximum atomic E-state index is 13.0. The zero-order valence-electron chi connectivity index (χ0n) is 15.9. The number of nitrogens with zero attached hydrogens (tertiary/aromatic N) is 1. The fourth-order valence-corrected chi connectivity index (χ4v) is 3.27. The number of aromatic nitrogens is 2. The number of para-hydroxylation sites is 1. The highest BCUT2D eigenvalue weighted by atomic mass is 16.6. The minimum absolute atomic E-state index is 0.278. The summed E-state index contributed by atoms with van der Waals surface area (Å²) in [5.41, 5.74) is 7.75. The van der Waals surface area contributed by atoms with Crippen molar-refractivity contribution < 1.29 is 9.53 Å². The van der Waals surface area contributed by atoms with Gasteiger partial charge in [0.05, 0.1) is 16.8 Å². The predicted molar refractivity (Wildman–Crippen MR) is 112 cm³/mol. The highest BCUT2D eigenvalue weighted by molar-refractivity contribution is 5.98. The first-order valence-electron chi connectivity index (χ1n) is 9.00. The van der Waals surface area contributed by atoms with Crippen molar-refractivity contribution in [1.29, 1.82) is 0 Å². The number of aromatic amines is 1. The van der Waals surface area contributed by atoms with E-state index in [0.717, 1.165) is 16.3 Å². The van der Waals surface area contributed by atoms with Crippen LogP contribution in [0.15, 0.2) is 59.4 Å². The molecule has 0 aliphatic rings. The monoisotopic (exact) mass is 375 g/mol. The lowest BCUT2D eigenvalue weighted by Gasteiger charge is -2.21. The van der Waals surface area contributed by atoms with Crippen LogP contribution in [0.1, 0.15) is 20.8 Å². The standard InChI is InChI=1S/C22H21N3O3/c1-22(2,3)28-21(27)25-18-9-8-15(23)10-14(18)12-19(25)16-11-13-6-4-5-7-17(13)24-20(16)26/h4-12H,23H2,1-3H3,(H,24,26). The molecule has 142 valence electrons. The highest BCUT2D eigenvalue weighted by Gasteiger charge is 2.24. The number of pyridine rings is 1. The first-order chi connectivity index (χ1) is 13.2. The van der Waals surface area contributed by atoms with E-state index >= 15 is 0 Å². The number of rotatable bonds is 1. The van der Waals surface area contributed by atoms with Gasteiger partial charge in [0.15, 0.2) is 0 Å². The van der Waals surface area contributed by atoms with Crippen molar-refractivity contribution in [2.24, 2.45) is 0 Å². The van der Waals surface area contributed by atoms with Gasteiger partial charge in [-0.1, -0.05) is 18.2 Å². The van der Waals surface area contributed by atoms with Crippen LogP contribution in [0.2, 0.25) is 0 Å². The van der Waals surface area contributed by atoms with Crippen LogP contribution in [0.3, 0.4) is 0 Å². The molecule has 0 amide bonds. The number of carbonyl (C=O) groups is 1. The number of anilines is 1. The average molecular weight is 375 g/mol. The molecule has 2 aromatic carbocycles. The van der Waals surface area contributed by atoms with Crippen molar-refractivity contribution in [2.75, 3.05) is 5.73 Å². The van der Waals surface area contributed by atoms with Gasteiger partial charge < -0.3 is 15.5 Å². The Balaban J connectivity index is 2.01. The van der Waals surface area contributed by atoms with E-state index in [0.29, 0.717) is 22.5 Å². The third-order valence-electron chi connectivity index (χ3n) is 4.43. The average Bonchev–Trinajstić information content (AvgIpc) is 2.98. The van der Waals surface area contributed by atoms with Crippen LogP contribution in [0, 0.1) is 0 Å². The number of ether oxygens (including phenoxy) is 1. The molecule has 0 fully saturated rings. The quantitative estimate of drug-likeness (QED) is 0.479. The lowest BCUT2D eigenvalue weighted by atomic mass is 10.1. The molecule has 28 heavy (non-hydrogen) atoms. The predicted octanol–water partition coefficient (Wildman–Crippen LogP) is 4.52. The summed E-state index contributed by atoms with van der Waals surface area (Å²) in [6, 6.07) is 16.3. The third kappa shape index (κ3) is 3.13. The van der Waals surface area contributed by atoms with Crippen molar-refractivity contribution in [1.82, 2.24) is 9.55 Å². The number of nitrogen functional groups attached to an aromatic ring is 1. The molecule has 0 atom stereocenters. The number of hydrogen-bond acceptors (Lipinski definition) is 4. The summed E-state index contributed by atoms with van der Waals surface area (Å²) >= 11 is 0. The van der Waals surface area contributed by atoms with Gasteiger partial charge in [-0.3, -0.25) is 4.79 Å². The van der Waals surface area contributed by atoms with Gasteiger partial charge in [0.2, 0.25) is 0 Å². The Kier molecular flexibility index (Phi) is 4.00. The Hall–Kier alpha value is -3.54. The third-order valence-corrected chi connectivity index (χ3v) is 4.43. The van der Waals surface area contributed by atoms with E-state index in [1.165, 1.54) is 4.57 Å². The molecule has 0 saturated heterocycles. The highest BCUT2D eigenvalue weighted by Crippen LogP contribution is 2.30. The fraction of sp³-hybridized carbons (Fsp3) is 0.182. The number of nitrogens with two attached hydrogens (primary N) is 1. The fourth-order valence-electron chi connectivity index (χ4n) is 3.27. The molecule has 0 bridgehead atoms. The first-order valence-corrected chi connectivity index (χ1v) is 9.00. The topological polar surface area (TPSA) is 90.1 Å². The number of nitrogens with one attached hydrogen (secondary N) is 1. The lowest BCUT2D eigenvalue weighted by Crippen LogP contribution is -2.28. The summed E-state index contributed by atoms with van der Waals surface area (Å²) in [5, 5.41) is 1.63. The van der Waals surface area contributed by atoms with Crippen LogP contribution in [0.5, 0.6) is 0 Å². The van der Waals surface area contributed by atoms with Crippen molar-refractivity contribution >= 4 is 33.6 Å². The summed E-state index contributed by atoms with van der Waals surface area (Å²) in [6.45, 7) is 5.41. The van der Waals surface area contributed by atoms with Gasteiger partial charge in [-0.25, -0.2) is 9.36 Å². The second-order valence-corrected chi connectivity index (χ2v) is 7.76. The summed E-state index contributed by atoms with van der Waals surface area (Å²) in [4.78, 5) is 28.7. The van der Waals surface area contributed by atoms with Crippen LogP contribution < -0.4 is 11.3 Å². The molecule has 6 nitrogen and oxygen atoms in total. The van der Waals surface area contributed by atoms with E-state index in [1.807, 2.05) is 24.3 Å². The minimum Gasteiger partial charge on any atom is -0.443 e. The molecule has 3 N–H and O–H groups in total. The molecule has 0 radical (unpaired) electrons. The number of hydrogen-bond donors (Lipinski definition) is 2. The van der Waals surface area contributed by atoms with Crippen molar-refractivity contribution in [3.8, 4) is 11.3 Å². The number of benzene rings is 2. The second-order valence-electron chi connectivity index (χ2n) is 7.76. The maximum Gasteiger partial charge on any atom is 0.419 e. The Morgan fingerprint density at radius 1 is 1.04 bits per heavy atom. The second kappa shape index (κ2) is 6.27. The molecule has 6 heteroatoms. The Morgan fingerprint density at radius 2 is 1.79 bits per heavy atom. The van der Waals surface area contributed by atoms with E-state index in [1.54, 1.807) is 51.1 Å². The Morgan fingerprint density at radius 3 is 2.54 bits per heavy atom. The number of H-pyrrole nitrogens is 1. The van der Waals surface area contributed by atoms with Crippen LogP contribution in [-0.4, -0.2) is 21.2 Å². The van der Waals surface area contributed by atoms with Crippen LogP contribution in [-0.2, 0) is 4.74 Å². The van der Waals surface area contributed by atoms with Gasteiger partial charge >= 0.3 is 6.09 Å². The molecule has 0 saturated carbocycles. The van der Waals surface area contributed by atoms with Crippen molar-refractivity contribution in [2.45, 2.75) is 26.4 Å². The van der Waals surface area contributed by atoms with Gasteiger partial charge in [-0.2, -0.15) is 0 Å². The van der Waals surface area contributed by atoms with Gasteiger partial charge in [-0.15, -0.1) is 0 Å². The molecule has 2 aromatic heterocycles. The van der Waals surface area contributed by atoms with E-state index in [2.05, 4.69) is 4.98 Å². The summed E-state index contributed by atoms with van der Waals surface area (Å²) < 4.78 is 7.02. The smallest absolute Gasteiger partial charge is 0.419 e. The SMILES string of the molecule is CC(C)(C)OC(=O)n1c(-c2cc3ccccc3[nH]c2=O)cc2cc(N)ccc21. The summed E-state index contributed by atoms with van der Waals surface area (Å²) in [6.07, 6.45) is -0.546. The normalized spacial score (nSPS) is 11.8. The molecule has 4 aromatic rings. The van der Waals surface area contributed by atoms with Gasteiger partial charge in [-0.05, 0) is 62.6 Å². The van der Waals surface area contributed by atoms with Gasteiger partial charge in [0.1, 0.15) is 5.60 Å². The Labute approximate surface area is 161 Å². The van der Waals surface area contributed by atoms with Crippen LogP contribution >= 0.6 is 0 Å². The maximum absolute atomic E-state index is 13.0. The van der Waals surface area contributed by atoms with Crippen molar-refractivity contribution in [3.05, 3.63) is 65.0 Å².